The maximum atomic E-state index is 9.46. The third kappa shape index (κ3) is 2.51. The molecule has 1 saturated heterocycles. The Labute approximate surface area is 101 Å². The molecule has 1 fully saturated rings. The summed E-state index contributed by atoms with van der Waals surface area (Å²) in [6, 6.07) is 6.53. The van der Waals surface area contributed by atoms with Crippen molar-refractivity contribution in [3.05, 3.63) is 23.8 Å². The molecule has 0 bridgehead atoms. The van der Waals surface area contributed by atoms with Crippen molar-refractivity contribution in [2.75, 3.05) is 13.1 Å². The molecule has 1 aliphatic rings. The van der Waals surface area contributed by atoms with E-state index >= 15 is 0 Å². The van der Waals surface area contributed by atoms with Crippen LogP contribution >= 0.6 is 0 Å². The van der Waals surface area contributed by atoms with E-state index in [1.807, 2.05) is 0 Å². The standard InChI is InChI=1S/C13H16N2O2/c14-9-11(15-6-2-1-3-7-15)10-4-5-12(16)13(17)8-10/h4-5,8,11,16-17H,1-3,6-7H2. The molecule has 1 aromatic rings. The number of nitrogens with zero attached hydrogens (tertiary/aromatic N) is 2. The lowest BCUT2D eigenvalue weighted by Gasteiger charge is -2.30. The van der Waals surface area contributed by atoms with Crippen LogP contribution in [0.2, 0.25) is 0 Å². The maximum Gasteiger partial charge on any atom is 0.157 e. The Morgan fingerprint density at radius 3 is 2.41 bits per heavy atom. The Balaban J connectivity index is 2.22. The van der Waals surface area contributed by atoms with Gasteiger partial charge in [-0.3, -0.25) is 4.90 Å². The average Bonchev–Trinajstić information content (AvgIpc) is 2.36. The summed E-state index contributed by atoms with van der Waals surface area (Å²) >= 11 is 0. The van der Waals surface area contributed by atoms with Crippen molar-refractivity contribution in [1.82, 2.24) is 4.90 Å². The van der Waals surface area contributed by atoms with Crippen LogP contribution in [-0.4, -0.2) is 28.2 Å². The Morgan fingerprint density at radius 1 is 1.12 bits per heavy atom. The molecule has 0 amide bonds. The Hall–Kier alpha value is -1.73. The summed E-state index contributed by atoms with van der Waals surface area (Å²) in [6.07, 6.45) is 3.44. The molecular formula is C13H16N2O2. The van der Waals surface area contributed by atoms with Gasteiger partial charge in [0, 0.05) is 0 Å². The molecule has 0 aliphatic carbocycles. The largest absolute Gasteiger partial charge is 0.504 e. The van der Waals surface area contributed by atoms with E-state index in [1.165, 1.54) is 18.6 Å². The second-order valence-corrected chi connectivity index (χ2v) is 4.38. The van der Waals surface area contributed by atoms with Crippen molar-refractivity contribution >= 4 is 0 Å². The third-order valence-electron chi connectivity index (χ3n) is 3.19. The van der Waals surface area contributed by atoms with Crippen LogP contribution in [0.1, 0.15) is 30.9 Å². The fourth-order valence-corrected chi connectivity index (χ4v) is 2.25. The molecule has 90 valence electrons. The first kappa shape index (κ1) is 11.7. The van der Waals surface area contributed by atoms with Gasteiger partial charge >= 0.3 is 0 Å². The zero-order valence-corrected chi connectivity index (χ0v) is 9.63. The highest BCUT2D eigenvalue weighted by atomic mass is 16.3. The molecule has 0 radical (unpaired) electrons. The van der Waals surface area contributed by atoms with Crippen LogP contribution in [0.25, 0.3) is 0 Å². The number of likely N-dealkylation sites (tertiary alicyclic amines) is 1. The summed E-state index contributed by atoms with van der Waals surface area (Å²) in [5.41, 5.74) is 0.740. The fraction of sp³-hybridized carbons (Fsp3) is 0.462. The van der Waals surface area contributed by atoms with Crippen LogP contribution in [-0.2, 0) is 0 Å². The number of piperidine rings is 1. The highest BCUT2D eigenvalue weighted by molar-refractivity contribution is 5.42. The van der Waals surface area contributed by atoms with Gasteiger partial charge in [0.1, 0.15) is 6.04 Å². The lowest BCUT2D eigenvalue weighted by molar-refractivity contribution is 0.196. The van der Waals surface area contributed by atoms with Crippen molar-refractivity contribution < 1.29 is 10.2 Å². The molecule has 0 saturated carbocycles. The number of aromatic hydroxyl groups is 2. The smallest absolute Gasteiger partial charge is 0.157 e. The van der Waals surface area contributed by atoms with Gasteiger partial charge in [0.25, 0.3) is 0 Å². The summed E-state index contributed by atoms with van der Waals surface area (Å²) in [4.78, 5) is 2.12. The monoisotopic (exact) mass is 232 g/mol. The number of hydrogen-bond acceptors (Lipinski definition) is 4. The zero-order valence-electron chi connectivity index (χ0n) is 9.63. The van der Waals surface area contributed by atoms with E-state index in [1.54, 1.807) is 6.07 Å². The maximum absolute atomic E-state index is 9.46. The molecular weight excluding hydrogens is 216 g/mol. The number of hydrogen-bond donors (Lipinski definition) is 2. The molecule has 1 heterocycles. The summed E-state index contributed by atoms with van der Waals surface area (Å²) in [5, 5.41) is 28.0. The molecule has 4 nitrogen and oxygen atoms in total. The molecule has 17 heavy (non-hydrogen) atoms. The zero-order chi connectivity index (χ0) is 12.3. The molecule has 0 spiro atoms. The Morgan fingerprint density at radius 2 is 1.82 bits per heavy atom. The summed E-state index contributed by atoms with van der Waals surface area (Å²) in [6.45, 7) is 1.83. The Kier molecular flexibility index (Phi) is 3.50. The van der Waals surface area contributed by atoms with Gasteiger partial charge in [-0.05, 0) is 43.6 Å². The topological polar surface area (TPSA) is 67.5 Å². The van der Waals surface area contributed by atoms with Crippen molar-refractivity contribution in [3.63, 3.8) is 0 Å². The van der Waals surface area contributed by atoms with Gasteiger partial charge in [0.15, 0.2) is 11.5 Å². The normalized spacial score (nSPS) is 18.5. The van der Waals surface area contributed by atoms with Gasteiger partial charge in [-0.15, -0.1) is 0 Å². The lowest BCUT2D eigenvalue weighted by atomic mass is 10.0. The van der Waals surface area contributed by atoms with E-state index < -0.39 is 0 Å². The van der Waals surface area contributed by atoms with Gasteiger partial charge in [-0.1, -0.05) is 12.5 Å². The summed E-state index contributed by atoms with van der Waals surface area (Å²) in [5.74, 6) is -0.316. The second-order valence-electron chi connectivity index (χ2n) is 4.38. The minimum absolute atomic E-state index is 0.149. The molecule has 1 aliphatic heterocycles. The number of phenolic OH excluding ortho intramolecular Hbond substituents is 2. The van der Waals surface area contributed by atoms with Crippen LogP contribution in [0.3, 0.4) is 0 Å². The van der Waals surface area contributed by atoms with Crippen molar-refractivity contribution in [3.8, 4) is 17.6 Å². The summed E-state index contributed by atoms with van der Waals surface area (Å²) < 4.78 is 0. The van der Waals surface area contributed by atoms with Gasteiger partial charge in [0.05, 0.1) is 6.07 Å². The number of rotatable bonds is 2. The third-order valence-corrected chi connectivity index (χ3v) is 3.19. The SMILES string of the molecule is N#CC(c1ccc(O)c(O)c1)N1CCCCC1. The van der Waals surface area contributed by atoms with Crippen LogP contribution in [0.4, 0.5) is 0 Å². The van der Waals surface area contributed by atoms with Crippen molar-refractivity contribution in [1.29, 1.82) is 5.26 Å². The van der Waals surface area contributed by atoms with Crippen molar-refractivity contribution in [2.45, 2.75) is 25.3 Å². The van der Waals surface area contributed by atoms with Gasteiger partial charge in [-0.2, -0.15) is 5.26 Å². The van der Waals surface area contributed by atoms with Crippen molar-refractivity contribution in [2.24, 2.45) is 0 Å². The van der Waals surface area contributed by atoms with E-state index in [9.17, 15) is 15.5 Å². The molecule has 1 atom stereocenters. The Bertz CT molecular complexity index is 434. The highest BCUT2D eigenvalue weighted by Crippen LogP contribution is 2.31. The van der Waals surface area contributed by atoms with Crippen LogP contribution < -0.4 is 0 Å². The first-order chi connectivity index (χ1) is 8.22. The summed E-state index contributed by atoms with van der Waals surface area (Å²) in [7, 11) is 0. The van der Waals surface area contributed by atoms with Crippen LogP contribution in [0, 0.1) is 11.3 Å². The van der Waals surface area contributed by atoms with Crippen LogP contribution in [0.5, 0.6) is 11.5 Å². The predicted octanol–water partition coefficient (Wildman–Crippen LogP) is 2.15. The highest BCUT2D eigenvalue weighted by Gasteiger charge is 2.22. The quantitative estimate of drug-likeness (QED) is 0.767. The first-order valence-electron chi connectivity index (χ1n) is 5.88. The average molecular weight is 232 g/mol. The van der Waals surface area contributed by atoms with E-state index in [2.05, 4.69) is 11.0 Å². The molecule has 1 aromatic carbocycles. The number of phenols is 2. The molecule has 0 aromatic heterocycles. The first-order valence-corrected chi connectivity index (χ1v) is 5.88. The second kappa shape index (κ2) is 5.07. The van der Waals surface area contributed by atoms with Crippen LogP contribution in [0.15, 0.2) is 18.2 Å². The van der Waals surface area contributed by atoms with E-state index in [0.29, 0.717) is 0 Å². The van der Waals surface area contributed by atoms with E-state index in [0.717, 1.165) is 31.5 Å². The molecule has 2 rings (SSSR count). The predicted molar refractivity (Wildman–Crippen MR) is 63.5 cm³/mol. The van der Waals surface area contributed by atoms with Gasteiger partial charge < -0.3 is 10.2 Å². The number of nitriles is 1. The molecule has 4 heteroatoms. The molecule has 1 unspecified atom stereocenters. The number of benzene rings is 1. The van der Waals surface area contributed by atoms with Gasteiger partial charge in [0.2, 0.25) is 0 Å². The van der Waals surface area contributed by atoms with E-state index in [-0.39, 0.29) is 17.5 Å². The molecule has 2 N–H and O–H groups in total. The minimum atomic E-state index is -0.332. The lowest BCUT2D eigenvalue weighted by Crippen LogP contribution is -2.33. The fourth-order valence-electron chi connectivity index (χ4n) is 2.25. The van der Waals surface area contributed by atoms with Gasteiger partial charge in [-0.25, -0.2) is 0 Å². The minimum Gasteiger partial charge on any atom is -0.504 e. The van der Waals surface area contributed by atoms with E-state index in [4.69, 9.17) is 0 Å².